The summed E-state index contributed by atoms with van der Waals surface area (Å²) in [7, 11) is 0. The largest absolute Gasteiger partial charge is 0.370 e. The Morgan fingerprint density at radius 1 is 0.889 bits per heavy atom. The summed E-state index contributed by atoms with van der Waals surface area (Å²) in [6.45, 7) is 0.775. The van der Waals surface area contributed by atoms with Crippen molar-refractivity contribution >= 4 is 29.0 Å². The number of amides is 1. The van der Waals surface area contributed by atoms with E-state index in [-0.39, 0.29) is 5.91 Å². The standard InChI is InChI=1S/C22H22ClN3O/c23-19-9-6-18(7-10-19)14-15-24-21-12-11-20(16-25-21)26-22(27)13-8-17-4-2-1-3-5-17/h1-7,9-12,16H,8,13-15H2,(H,24,25)(H,26,27). The minimum atomic E-state index is -0.0101. The quantitative estimate of drug-likeness (QED) is 0.581. The Kier molecular flexibility index (Phi) is 6.83. The van der Waals surface area contributed by atoms with Gasteiger partial charge < -0.3 is 10.6 Å². The number of nitrogens with one attached hydrogen (secondary N) is 2. The Morgan fingerprint density at radius 3 is 2.33 bits per heavy atom. The molecule has 0 fully saturated rings. The van der Waals surface area contributed by atoms with Crippen LogP contribution < -0.4 is 10.6 Å². The summed E-state index contributed by atoms with van der Waals surface area (Å²) < 4.78 is 0. The maximum absolute atomic E-state index is 12.1. The maximum atomic E-state index is 12.1. The molecule has 0 aliphatic carbocycles. The first-order chi connectivity index (χ1) is 13.2. The van der Waals surface area contributed by atoms with Gasteiger partial charge in [0.1, 0.15) is 5.82 Å². The van der Waals surface area contributed by atoms with Gasteiger partial charge in [0.25, 0.3) is 0 Å². The first-order valence-corrected chi connectivity index (χ1v) is 9.35. The summed E-state index contributed by atoms with van der Waals surface area (Å²) in [6, 6.07) is 21.5. The number of hydrogen-bond acceptors (Lipinski definition) is 3. The molecule has 0 saturated heterocycles. The molecule has 0 aliphatic rings. The van der Waals surface area contributed by atoms with Crippen molar-refractivity contribution in [3.63, 3.8) is 0 Å². The van der Waals surface area contributed by atoms with Gasteiger partial charge in [-0.3, -0.25) is 4.79 Å². The molecule has 1 amide bonds. The summed E-state index contributed by atoms with van der Waals surface area (Å²) in [5.74, 6) is 0.773. The first-order valence-electron chi connectivity index (χ1n) is 8.97. The number of aromatic nitrogens is 1. The van der Waals surface area contributed by atoms with Crippen molar-refractivity contribution in [2.45, 2.75) is 19.3 Å². The highest BCUT2D eigenvalue weighted by Crippen LogP contribution is 2.12. The molecule has 138 valence electrons. The molecule has 2 N–H and O–H groups in total. The maximum Gasteiger partial charge on any atom is 0.224 e. The SMILES string of the molecule is O=C(CCc1ccccc1)Nc1ccc(NCCc2ccc(Cl)cc2)nc1. The molecular formula is C22H22ClN3O. The number of carbonyl (C=O) groups excluding carboxylic acids is 1. The van der Waals surface area contributed by atoms with E-state index in [1.54, 1.807) is 6.20 Å². The summed E-state index contributed by atoms with van der Waals surface area (Å²) in [4.78, 5) is 16.4. The van der Waals surface area contributed by atoms with Crippen LogP contribution in [0.2, 0.25) is 5.02 Å². The lowest BCUT2D eigenvalue weighted by Gasteiger charge is -2.08. The molecule has 0 bridgehead atoms. The minimum absolute atomic E-state index is 0.0101. The fraction of sp³-hybridized carbons (Fsp3) is 0.182. The van der Waals surface area contributed by atoms with E-state index in [9.17, 15) is 4.79 Å². The van der Waals surface area contributed by atoms with Gasteiger partial charge in [-0.15, -0.1) is 0 Å². The lowest BCUT2D eigenvalue weighted by atomic mass is 10.1. The van der Waals surface area contributed by atoms with Crippen LogP contribution in [0.5, 0.6) is 0 Å². The van der Waals surface area contributed by atoms with Gasteiger partial charge in [0.2, 0.25) is 5.91 Å². The molecule has 0 saturated carbocycles. The average molecular weight is 380 g/mol. The third kappa shape index (κ3) is 6.42. The lowest BCUT2D eigenvalue weighted by Crippen LogP contribution is -2.13. The van der Waals surface area contributed by atoms with Gasteiger partial charge in [-0.2, -0.15) is 0 Å². The van der Waals surface area contributed by atoms with Crippen molar-refractivity contribution in [3.8, 4) is 0 Å². The monoisotopic (exact) mass is 379 g/mol. The molecule has 0 unspecified atom stereocenters. The number of anilines is 2. The van der Waals surface area contributed by atoms with Crippen molar-refractivity contribution in [2.75, 3.05) is 17.2 Å². The van der Waals surface area contributed by atoms with Gasteiger partial charge in [0.05, 0.1) is 11.9 Å². The van der Waals surface area contributed by atoms with Crippen LogP contribution in [0.3, 0.4) is 0 Å². The zero-order chi connectivity index (χ0) is 18.9. The van der Waals surface area contributed by atoms with Crippen molar-refractivity contribution in [2.24, 2.45) is 0 Å². The number of pyridine rings is 1. The van der Waals surface area contributed by atoms with Crippen LogP contribution >= 0.6 is 11.6 Å². The van der Waals surface area contributed by atoms with Crippen LogP contribution in [0, 0.1) is 0 Å². The number of benzene rings is 2. The Hall–Kier alpha value is -2.85. The van der Waals surface area contributed by atoms with E-state index in [1.165, 1.54) is 5.56 Å². The second kappa shape index (κ2) is 9.74. The van der Waals surface area contributed by atoms with E-state index >= 15 is 0 Å². The smallest absolute Gasteiger partial charge is 0.224 e. The highest BCUT2D eigenvalue weighted by Gasteiger charge is 2.04. The predicted octanol–water partition coefficient (Wildman–Crippen LogP) is 4.96. The molecule has 3 aromatic rings. The number of nitrogens with zero attached hydrogens (tertiary/aromatic N) is 1. The highest BCUT2D eigenvalue weighted by atomic mass is 35.5. The normalized spacial score (nSPS) is 10.4. The third-order valence-electron chi connectivity index (χ3n) is 4.16. The zero-order valence-corrected chi connectivity index (χ0v) is 15.7. The number of carbonyl (C=O) groups is 1. The number of hydrogen-bond donors (Lipinski definition) is 2. The Bertz CT molecular complexity index is 849. The van der Waals surface area contributed by atoms with Crippen molar-refractivity contribution in [1.29, 1.82) is 0 Å². The second-order valence-electron chi connectivity index (χ2n) is 6.27. The highest BCUT2D eigenvalue weighted by molar-refractivity contribution is 6.30. The fourth-order valence-electron chi connectivity index (χ4n) is 2.68. The van der Waals surface area contributed by atoms with Crippen LogP contribution in [-0.2, 0) is 17.6 Å². The molecule has 0 atom stereocenters. The van der Waals surface area contributed by atoms with Crippen LogP contribution in [0.25, 0.3) is 0 Å². The topological polar surface area (TPSA) is 54.0 Å². The minimum Gasteiger partial charge on any atom is -0.370 e. The van der Waals surface area contributed by atoms with Crippen molar-refractivity contribution in [1.82, 2.24) is 4.98 Å². The molecule has 0 spiro atoms. The van der Waals surface area contributed by atoms with Crippen LogP contribution in [0.1, 0.15) is 17.5 Å². The fourth-order valence-corrected chi connectivity index (χ4v) is 2.81. The van der Waals surface area contributed by atoms with Gasteiger partial charge in [-0.05, 0) is 48.2 Å². The average Bonchev–Trinajstić information content (AvgIpc) is 2.70. The molecular weight excluding hydrogens is 358 g/mol. The van der Waals surface area contributed by atoms with E-state index in [0.717, 1.165) is 35.8 Å². The molecule has 27 heavy (non-hydrogen) atoms. The Labute approximate surface area is 164 Å². The summed E-state index contributed by atoms with van der Waals surface area (Å²) in [6.07, 6.45) is 3.73. The van der Waals surface area contributed by atoms with Gasteiger partial charge in [0, 0.05) is 18.0 Å². The molecule has 4 nitrogen and oxygen atoms in total. The molecule has 0 aliphatic heterocycles. The van der Waals surface area contributed by atoms with E-state index in [4.69, 9.17) is 11.6 Å². The number of rotatable bonds is 8. The Balaban J connectivity index is 1.41. The zero-order valence-electron chi connectivity index (χ0n) is 15.0. The van der Waals surface area contributed by atoms with Gasteiger partial charge in [-0.25, -0.2) is 4.98 Å². The van der Waals surface area contributed by atoms with E-state index in [1.807, 2.05) is 66.7 Å². The number of aryl methyl sites for hydroxylation is 1. The Morgan fingerprint density at radius 2 is 1.63 bits per heavy atom. The van der Waals surface area contributed by atoms with E-state index in [2.05, 4.69) is 15.6 Å². The molecule has 1 aromatic heterocycles. The molecule has 0 radical (unpaired) electrons. The lowest BCUT2D eigenvalue weighted by molar-refractivity contribution is -0.116. The van der Waals surface area contributed by atoms with E-state index in [0.29, 0.717) is 12.1 Å². The molecule has 3 rings (SSSR count). The third-order valence-corrected chi connectivity index (χ3v) is 4.42. The van der Waals surface area contributed by atoms with E-state index < -0.39 is 0 Å². The summed E-state index contributed by atoms with van der Waals surface area (Å²) in [5.41, 5.74) is 3.08. The van der Waals surface area contributed by atoms with Crippen molar-refractivity contribution < 1.29 is 4.79 Å². The van der Waals surface area contributed by atoms with Gasteiger partial charge in [0.15, 0.2) is 0 Å². The van der Waals surface area contributed by atoms with Crippen LogP contribution in [-0.4, -0.2) is 17.4 Å². The van der Waals surface area contributed by atoms with Gasteiger partial charge >= 0.3 is 0 Å². The molecule has 2 aromatic carbocycles. The second-order valence-corrected chi connectivity index (χ2v) is 6.71. The predicted molar refractivity (Wildman–Crippen MR) is 111 cm³/mol. The van der Waals surface area contributed by atoms with Crippen LogP contribution in [0.15, 0.2) is 72.9 Å². The number of halogens is 1. The molecule has 5 heteroatoms. The first kappa shape index (κ1) is 18.9. The summed E-state index contributed by atoms with van der Waals surface area (Å²) in [5, 5.41) is 6.91. The summed E-state index contributed by atoms with van der Waals surface area (Å²) >= 11 is 5.89. The van der Waals surface area contributed by atoms with Gasteiger partial charge in [-0.1, -0.05) is 54.1 Å². The van der Waals surface area contributed by atoms with Crippen molar-refractivity contribution in [3.05, 3.63) is 89.1 Å². The van der Waals surface area contributed by atoms with Crippen LogP contribution in [0.4, 0.5) is 11.5 Å². The molecule has 1 heterocycles.